The number of urea groups is 1. The molecule has 3 amide bonds. The van der Waals surface area contributed by atoms with Crippen molar-refractivity contribution in [2.75, 3.05) is 6.54 Å². The standard InChI is InChI=1S/C12H20N2O4/c1-7(2)12(9(16)17,11(3,4)5)14-6-8(15)13-10(14)18/h7H,6H2,1-5H3,(H,16,17)(H,13,15,18). The minimum absolute atomic E-state index is 0.208. The van der Waals surface area contributed by atoms with Gasteiger partial charge in [-0.2, -0.15) is 0 Å². The number of carbonyl (C=O) groups excluding carboxylic acids is 2. The second-order valence-corrected chi connectivity index (χ2v) is 5.92. The van der Waals surface area contributed by atoms with Gasteiger partial charge < -0.3 is 5.11 Å². The maximum atomic E-state index is 11.8. The first kappa shape index (κ1) is 14.5. The molecule has 0 saturated carbocycles. The molecule has 0 spiro atoms. The summed E-state index contributed by atoms with van der Waals surface area (Å²) >= 11 is 0. The maximum Gasteiger partial charge on any atom is 0.330 e. The molecule has 1 heterocycles. The Morgan fingerprint density at radius 2 is 1.83 bits per heavy atom. The lowest BCUT2D eigenvalue weighted by Crippen LogP contribution is -2.66. The van der Waals surface area contributed by atoms with Crippen molar-refractivity contribution in [3.63, 3.8) is 0 Å². The number of imide groups is 1. The normalized spacial score (nSPS) is 20.0. The largest absolute Gasteiger partial charge is 0.479 e. The summed E-state index contributed by atoms with van der Waals surface area (Å²) in [7, 11) is 0. The lowest BCUT2D eigenvalue weighted by atomic mass is 9.66. The second kappa shape index (κ2) is 4.26. The minimum Gasteiger partial charge on any atom is -0.479 e. The van der Waals surface area contributed by atoms with Crippen molar-refractivity contribution in [2.24, 2.45) is 11.3 Å². The molecular formula is C12H20N2O4. The highest BCUT2D eigenvalue weighted by Gasteiger charge is 2.59. The van der Waals surface area contributed by atoms with Gasteiger partial charge in [0.15, 0.2) is 0 Å². The van der Waals surface area contributed by atoms with Crippen LogP contribution in [0.15, 0.2) is 0 Å². The Kier molecular flexibility index (Phi) is 3.42. The third-order valence-corrected chi connectivity index (χ3v) is 3.52. The zero-order valence-electron chi connectivity index (χ0n) is 11.4. The molecule has 6 nitrogen and oxygen atoms in total. The predicted octanol–water partition coefficient (Wildman–Crippen LogP) is 1.06. The fourth-order valence-electron chi connectivity index (χ4n) is 2.99. The first-order chi connectivity index (χ1) is 8.05. The van der Waals surface area contributed by atoms with Gasteiger partial charge in [0.1, 0.15) is 12.1 Å². The molecule has 0 aromatic heterocycles. The van der Waals surface area contributed by atoms with Crippen molar-refractivity contribution in [1.82, 2.24) is 10.2 Å². The number of rotatable bonds is 3. The summed E-state index contributed by atoms with van der Waals surface area (Å²) in [6.45, 7) is 8.57. The molecule has 1 fully saturated rings. The van der Waals surface area contributed by atoms with Gasteiger partial charge in [0.25, 0.3) is 0 Å². The fourth-order valence-corrected chi connectivity index (χ4v) is 2.99. The van der Waals surface area contributed by atoms with Gasteiger partial charge in [0.2, 0.25) is 5.91 Å². The molecule has 0 aromatic carbocycles. The summed E-state index contributed by atoms with van der Waals surface area (Å²) in [5.41, 5.74) is -2.11. The van der Waals surface area contributed by atoms with Crippen LogP contribution in [0.4, 0.5) is 4.79 Å². The third-order valence-electron chi connectivity index (χ3n) is 3.52. The van der Waals surface area contributed by atoms with Gasteiger partial charge in [-0.1, -0.05) is 34.6 Å². The van der Waals surface area contributed by atoms with Crippen molar-refractivity contribution >= 4 is 17.9 Å². The van der Waals surface area contributed by atoms with Crippen LogP contribution < -0.4 is 5.32 Å². The first-order valence-electron chi connectivity index (χ1n) is 5.90. The van der Waals surface area contributed by atoms with E-state index in [1.165, 1.54) is 0 Å². The second-order valence-electron chi connectivity index (χ2n) is 5.92. The van der Waals surface area contributed by atoms with Gasteiger partial charge in [0.05, 0.1) is 0 Å². The molecule has 18 heavy (non-hydrogen) atoms. The number of nitrogens with zero attached hydrogens (tertiary/aromatic N) is 1. The van der Waals surface area contributed by atoms with E-state index in [1.54, 1.807) is 34.6 Å². The SMILES string of the molecule is CC(C)C(C(=O)O)(N1CC(=O)NC1=O)C(C)(C)C. The molecule has 1 unspecified atom stereocenters. The monoisotopic (exact) mass is 256 g/mol. The van der Waals surface area contributed by atoms with E-state index in [0.29, 0.717) is 0 Å². The smallest absolute Gasteiger partial charge is 0.330 e. The van der Waals surface area contributed by atoms with E-state index in [-0.39, 0.29) is 12.5 Å². The number of amides is 3. The highest BCUT2D eigenvalue weighted by Crippen LogP contribution is 2.42. The van der Waals surface area contributed by atoms with E-state index < -0.39 is 28.9 Å². The van der Waals surface area contributed by atoms with Crippen LogP contribution >= 0.6 is 0 Å². The first-order valence-corrected chi connectivity index (χ1v) is 5.90. The van der Waals surface area contributed by atoms with Crippen LogP contribution in [0.1, 0.15) is 34.6 Å². The summed E-state index contributed by atoms with van der Waals surface area (Å²) in [6, 6.07) is -0.633. The quantitative estimate of drug-likeness (QED) is 0.739. The van der Waals surface area contributed by atoms with E-state index >= 15 is 0 Å². The topological polar surface area (TPSA) is 86.7 Å². The Morgan fingerprint density at radius 1 is 1.33 bits per heavy atom. The molecule has 1 aliphatic heterocycles. The van der Waals surface area contributed by atoms with Crippen molar-refractivity contribution in [2.45, 2.75) is 40.2 Å². The number of nitrogens with one attached hydrogen (secondary N) is 1. The van der Waals surface area contributed by atoms with Crippen LogP contribution in [-0.4, -0.2) is 40.0 Å². The van der Waals surface area contributed by atoms with Gasteiger partial charge in [-0.25, -0.2) is 9.59 Å². The number of aliphatic carboxylic acids is 1. The number of hydrogen-bond donors (Lipinski definition) is 2. The molecule has 1 aliphatic rings. The van der Waals surface area contributed by atoms with E-state index in [4.69, 9.17) is 0 Å². The van der Waals surface area contributed by atoms with Crippen LogP contribution in [0.3, 0.4) is 0 Å². The van der Waals surface area contributed by atoms with E-state index in [1.807, 2.05) is 0 Å². The molecule has 102 valence electrons. The Bertz CT molecular complexity index is 397. The Labute approximate surface area is 106 Å². The van der Waals surface area contributed by atoms with Crippen LogP contribution in [-0.2, 0) is 9.59 Å². The Balaban J connectivity index is 3.41. The van der Waals surface area contributed by atoms with E-state index in [9.17, 15) is 19.5 Å². The average Bonchev–Trinajstić information content (AvgIpc) is 2.42. The number of carboxylic acids is 1. The predicted molar refractivity (Wildman–Crippen MR) is 64.9 cm³/mol. The lowest BCUT2D eigenvalue weighted by molar-refractivity contribution is -0.161. The van der Waals surface area contributed by atoms with Crippen LogP contribution in [0.2, 0.25) is 0 Å². The van der Waals surface area contributed by atoms with E-state index in [2.05, 4.69) is 5.32 Å². The molecule has 0 radical (unpaired) electrons. The summed E-state index contributed by atoms with van der Waals surface area (Å²) in [4.78, 5) is 36.1. The summed E-state index contributed by atoms with van der Waals surface area (Å²) in [5, 5.41) is 11.8. The summed E-state index contributed by atoms with van der Waals surface area (Å²) in [6.07, 6.45) is 0. The van der Waals surface area contributed by atoms with Crippen molar-refractivity contribution < 1.29 is 19.5 Å². The third kappa shape index (κ3) is 1.85. The number of hydrogen-bond acceptors (Lipinski definition) is 3. The molecule has 0 aliphatic carbocycles. The van der Waals surface area contributed by atoms with Crippen LogP contribution in [0.5, 0.6) is 0 Å². The number of carbonyl (C=O) groups is 3. The molecule has 0 aromatic rings. The van der Waals surface area contributed by atoms with Gasteiger partial charge in [-0.3, -0.25) is 15.0 Å². The van der Waals surface area contributed by atoms with Crippen molar-refractivity contribution in [1.29, 1.82) is 0 Å². The van der Waals surface area contributed by atoms with Gasteiger partial charge in [0, 0.05) is 0 Å². The van der Waals surface area contributed by atoms with Gasteiger partial charge in [-0.15, -0.1) is 0 Å². The van der Waals surface area contributed by atoms with Crippen molar-refractivity contribution in [3.05, 3.63) is 0 Å². The molecule has 1 rings (SSSR count). The lowest BCUT2D eigenvalue weighted by Gasteiger charge is -2.49. The highest BCUT2D eigenvalue weighted by atomic mass is 16.4. The zero-order chi connectivity index (χ0) is 14.3. The summed E-state index contributed by atoms with van der Waals surface area (Å²) in [5.74, 6) is -1.88. The molecular weight excluding hydrogens is 236 g/mol. The fraction of sp³-hybridized carbons (Fsp3) is 0.750. The molecule has 2 N–H and O–H groups in total. The Hall–Kier alpha value is -1.59. The average molecular weight is 256 g/mol. The van der Waals surface area contributed by atoms with Gasteiger partial charge >= 0.3 is 12.0 Å². The molecule has 1 saturated heterocycles. The molecule has 6 heteroatoms. The summed E-state index contributed by atoms with van der Waals surface area (Å²) < 4.78 is 0. The molecule has 0 bridgehead atoms. The molecule has 1 atom stereocenters. The number of carboxylic acid groups (broad SMARTS) is 1. The Morgan fingerprint density at radius 3 is 2.06 bits per heavy atom. The zero-order valence-corrected chi connectivity index (χ0v) is 11.4. The maximum absolute atomic E-state index is 11.8. The van der Waals surface area contributed by atoms with Crippen molar-refractivity contribution in [3.8, 4) is 0 Å². The highest BCUT2D eigenvalue weighted by molar-refractivity contribution is 6.04. The van der Waals surface area contributed by atoms with Crippen LogP contribution in [0.25, 0.3) is 0 Å². The van der Waals surface area contributed by atoms with Gasteiger partial charge in [-0.05, 0) is 11.3 Å². The van der Waals surface area contributed by atoms with E-state index in [0.717, 1.165) is 4.90 Å². The van der Waals surface area contributed by atoms with Crippen LogP contribution in [0, 0.1) is 11.3 Å². The minimum atomic E-state index is -1.41.